The van der Waals surface area contributed by atoms with Crippen molar-refractivity contribution in [3.8, 4) is 11.5 Å². The molecule has 1 atom stereocenters. The molecule has 0 amide bonds. The summed E-state index contributed by atoms with van der Waals surface area (Å²) >= 11 is 3.49. The Morgan fingerprint density at radius 1 is 1.26 bits per heavy atom. The van der Waals surface area contributed by atoms with E-state index >= 15 is 0 Å². The summed E-state index contributed by atoms with van der Waals surface area (Å²) in [5, 5.41) is 0. The average Bonchev–Trinajstić information content (AvgIpc) is 2.43. The van der Waals surface area contributed by atoms with E-state index in [-0.39, 0.29) is 6.04 Å². The highest BCUT2D eigenvalue weighted by Crippen LogP contribution is 2.40. The molecule has 0 heterocycles. The fraction of sp³-hybridized carbons (Fsp3) is 0.538. The zero-order chi connectivity index (χ0) is 14.3. The fourth-order valence-electron chi connectivity index (χ4n) is 1.95. The van der Waals surface area contributed by atoms with E-state index < -0.39 is 0 Å². The SMILES string of the molecule is COCCCC(NN)c1ccc(OC)c(Br)c1OC. The van der Waals surface area contributed by atoms with E-state index in [1.807, 2.05) is 12.1 Å². The molecule has 0 fully saturated rings. The third-order valence-electron chi connectivity index (χ3n) is 2.93. The van der Waals surface area contributed by atoms with Gasteiger partial charge in [0.2, 0.25) is 0 Å². The Hall–Kier alpha value is -0.820. The van der Waals surface area contributed by atoms with E-state index in [0.717, 1.165) is 34.4 Å². The first-order valence-corrected chi connectivity index (χ1v) is 6.84. The van der Waals surface area contributed by atoms with E-state index in [1.165, 1.54) is 0 Å². The van der Waals surface area contributed by atoms with Gasteiger partial charge in [-0.3, -0.25) is 11.3 Å². The second-order valence-electron chi connectivity index (χ2n) is 4.06. The Balaban J connectivity index is 2.99. The summed E-state index contributed by atoms with van der Waals surface area (Å²) in [5.74, 6) is 7.10. The van der Waals surface area contributed by atoms with Crippen molar-refractivity contribution < 1.29 is 14.2 Å². The molecule has 19 heavy (non-hydrogen) atoms. The summed E-state index contributed by atoms with van der Waals surface area (Å²) in [6.07, 6.45) is 1.78. The maximum absolute atomic E-state index is 5.64. The van der Waals surface area contributed by atoms with Crippen molar-refractivity contribution in [3.05, 3.63) is 22.2 Å². The van der Waals surface area contributed by atoms with Crippen LogP contribution in [0.25, 0.3) is 0 Å². The fourth-order valence-corrected chi connectivity index (χ4v) is 2.64. The normalized spacial score (nSPS) is 12.3. The molecule has 108 valence electrons. The molecule has 0 saturated heterocycles. The summed E-state index contributed by atoms with van der Waals surface area (Å²) in [5.41, 5.74) is 3.81. The number of nitrogens with two attached hydrogens (primary N) is 1. The number of ether oxygens (including phenoxy) is 3. The molecule has 0 saturated carbocycles. The first-order chi connectivity index (χ1) is 9.19. The van der Waals surface area contributed by atoms with Crippen LogP contribution >= 0.6 is 15.9 Å². The average molecular weight is 333 g/mol. The van der Waals surface area contributed by atoms with Crippen molar-refractivity contribution in [2.75, 3.05) is 27.9 Å². The van der Waals surface area contributed by atoms with Gasteiger partial charge in [0.15, 0.2) is 0 Å². The van der Waals surface area contributed by atoms with Gasteiger partial charge in [0.25, 0.3) is 0 Å². The van der Waals surface area contributed by atoms with Crippen LogP contribution in [0.5, 0.6) is 11.5 Å². The highest BCUT2D eigenvalue weighted by molar-refractivity contribution is 9.10. The number of nitrogens with one attached hydrogen (secondary N) is 1. The third kappa shape index (κ3) is 4.07. The largest absolute Gasteiger partial charge is 0.495 e. The van der Waals surface area contributed by atoms with Crippen LogP contribution < -0.4 is 20.7 Å². The highest BCUT2D eigenvalue weighted by Gasteiger charge is 2.19. The van der Waals surface area contributed by atoms with Crippen LogP contribution in [0.15, 0.2) is 16.6 Å². The van der Waals surface area contributed by atoms with Gasteiger partial charge in [0, 0.05) is 25.3 Å². The Morgan fingerprint density at radius 3 is 2.53 bits per heavy atom. The quantitative estimate of drug-likeness (QED) is 0.434. The van der Waals surface area contributed by atoms with Gasteiger partial charge < -0.3 is 14.2 Å². The number of hydrogen-bond acceptors (Lipinski definition) is 5. The lowest BCUT2D eigenvalue weighted by molar-refractivity contribution is 0.188. The van der Waals surface area contributed by atoms with E-state index in [0.29, 0.717) is 6.61 Å². The number of hydrazine groups is 1. The number of halogens is 1. The molecular weight excluding hydrogens is 312 g/mol. The monoisotopic (exact) mass is 332 g/mol. The molecule has 1 unspecified atom stereocenters. The van der Waals surface area contributed by atoms with Crippen molar-refractivity contribution in [3.63, 3.8) is 0 Å². The minimum absolute atomic E-state index is 0.00676. The second-order valence-corrected chi connectivity index (χ2v) is 4.85. The van der Waals surface area contributed by atoms with Crippen LogP contribution in [0, 0.1) is 0 Å². The Kier molecular flexibility index (Phi) is 7.15. The lowest BCUT2D eigenvalue weighted by atomic mass is 10.0. The molecule has 1 rings (SSSR count). The predicted molar refractivity (Wildman–Crippen MR) is 78.4 cm³/mol. The third-order valence-corrected chi connectivity index (χ3v) is 3.68. The van der Waals surface area contributed by atoms with Crippen LogP contribution in [0.3, 0.4) is 0 Å². The van der Waals surface area contributed by atoms with Gasteiger partial charge >= 0.3 is 0 Å². The van der Waals surface area contributed by atoms with Crippen molar-refractivity contribution in [1.82, 2.24) is 5.43 Å². The maximum atomic E-state index is 5.64. The van der Waals surface area contributed by atoms with Crippen molar-refractivity contribution in [2.45, 2.75) is 18.9 Å². The van der Waals surface area contributed by atoms with Gasteiger partial charge in [-0.1, -0.05) is 0 Å². The van der Waals surface area contributed by atoms with Gasteiger partial charge in [0.05, 0.1) is 14.2 Å². The molecule has 0 bridgehead atoms. The summed E-state index contributed by atoms with van der Waals surface area (Å²) in [4.78, 5) is 0. The molecule has 0 radical (unpaired) electrons. The molecule has 0 spiro atoms. The van der Waals surface area contributed by atoms with E-state index in [2.05, 4.69) is 21.4 Å². The van der Waals surface area contributed by atoms with E-state index in [4.69, 9.17) is 20.1 Å². The minimum Gasteiger partial charge on any atom is -0.495 e. The van der Waals surface area contributed by atoms with Crippen molar-refractivity contribution >= 4 is 15.9 Å². The first kappa shape index (κ1) is 16.2. The molecule has 3 N–H and O–H groups in total. The van der Waals surface area contributed by atoms with Gasteiger partial charge in [-0.2, -0.15) is 0 Å². The first-order valence-electron chi connectivity index (χ1n) is 6.05. The van der Waals surface area contributed by atoms with Crippen LogP contribution in [-0.4, -0.2) is 27.9 Å². The summed E-state index contributed by atoms with van der Waals surface area (Å²) in [6, 6.07) is 3.86. The van der Waals surface area contributed by atoms with Crippen LogP contribution in [-0.2, 0) is 4.74 Å². The molecule has 1 aromatic carbocycles. The standard InChI is InChI=1S/C13H21BrN2O3/c1-17-8-4-5-10(16-15)9-6-7-11(18-2)12(14)13(9)19-3/h6-7,10,16H,4-5,8,15H2,1-3H3. The van der Waals surface area contributed by atoms with E-state index in [9.17, 15) is 0 Å². The molecule has 0 aromatic heterocycles. The Labute approximate surface area is 122 Å². The topological polar surface area (TPSA) is 65.7 Å². The minimum atomic E-state index is 0.00676. The molecule has 0 aliphatic carbocycles. The van der Waals surface area contributed by atoms with Crippen LogP contribution in [0.2, 0.25) is 0 Å². The highest BCUT2D eigenvalue weighted by atomic mass is 79.9. The molecule has 6 heteroatoms. The smallest absolute Gasteiger partial charge is 0.141 e. The predicted octanol–water partition coefficient (Wildman–Crippen LogP) is 2.40. The number of rotatable bonds is 8. The molecule has 0 aliphatic rings. The summed E-state index contributed by atoms with van der Waals surface area (Å²) in [6.45, 7) is 0.706. The second kappa shape index (κ2) is 8.37. The number of methoxy groups -OCH3 is 3. The number of hydrogen-bond donors (Lipinski definition) is 2. The zero-order valence-electron chi connectivity index (χ0n) is 11.5. The maximum Gasteiger partial charge on any atom is 0.141 e. The molecular formula is C13H21BrN2O3. The number of benzene rings is 1. The van der Waals surface area contributed by atoms with Gasteiger partial charge in [-0.25, -0.2) is 0 Å². The van der Waals surface area contributed by atoms with Gasteiger partial charge in [-0.05, 0) is 40.9 Å². The zero-order valence-corrected chi connectivity index (χ0v) is 13.1. The summed E-state index contributed by atoms with van der Waals surface area (Å²) < 4.78 is 16.6. The lowest BCUT2D eigenvalue weighted by Gasteiger charge is -2.21. The Morgan fingerprint density at radius 2 is 2.00 bits per heavy atom. The molecule has 5 nitrogen and oxygen atoms in total. The molecule has 0 aliphatic heterocycles. The van der Waals surface area contributed by atoms with Crippen LogP contribution in [0.4, 0.5) is 0 Å². The van der Waals surface area contributed by atoms with Gasteiger partial charge in [-0.15, -0.1) is 0 Å². The lowest BCUT2D eigenvalue weighted by Crippen LogP contribution is -2.28. The van der Waals surface area contributed by atoms with Gasteiger partial charge in [0.1, 0.15) is 16.0 Å². The van der Waals surface area contributed by atoms with Crippen molar-refractivity contribution in [1.29, 1.82) is 0 Å². The summed E-state index contributed by atoms with van der Waals surface area (Å²) in [7, 11) is 4.94. The van der Waals surface area contributed by atoms with Crippen molar-refractivity contribution in [2.24, 2.45) is 5.84 Å². The molecule has 1 aromatic rings. The Bertz CT molecular complexity index is 402. The van der Waals surface area contributed by atoms with Crippen LogP contribution in [0.1, 0.15) is 24.4 Å². The van der Waals surface area contributed by atoms with E-state index in [1.54, 1.807) is 21.3 Å².